The van der Waals surface area contributed by atoms with Gasteiger partial charge in [-0.1, -0.05) is 18.7 Å². The molecule has 0 aromatic carbocycles. The van der Waals surface area contributed by atoms with Gasteiger partial charge < -0.3 is 4.74 Å². The molecule has 6 nitrogen and oxygen atoms in total. The number of rotatable bonds is 5. The fourth-order valence-corrected chi connectivity index (χ4v) is 2.12. The van der Waals surface area contributed by atoms with Crippen LogP contribution in [0.25, 0.3) is 0 Å². The lowest BCUT2D eigenvalue weighted by Gasteiger charge is -2.05. The molecule has 0 radical (unpaired) electrons. The van der Waals surface area contributed by atoms with Gasteiger partial charge in [-0.3, -0.25) is 4.55 Å². The van der Waals surface area contributed by atoms with Crippen LogP contribution in [-0.4, -0.2) is 35.8 Å². The van der Waals surface area contributed by atoms with Crippen LogP contribution in [0.2, 0.25) is 0 Å². The lowest BCUT2D eigenvalue weighted by atomic mass is 10.6. The summed E-state index contributed by atoms with van der Waals surface area (Å²) in [4.78, 5) is 7.29. The molecule has 0 aliphatic carbocycles. The fourth-order valence-electron chi connectivity index (χ4n) is 0.926. The first-order valence-electron chi connectivity index (χ1n) is 4.50. The number of methoxy groups -OCH3 is 1. The van der Waals surface area contributed by atoms with E-state index in [1.165, 1.54) is 18.9 Å². The summed E-state index contributed by atoms with van der Waals surface area (Å²) in [6, 6.07) is 0. The molecule has 0 atom stereocenters. The molecule has 1 rings (SSSR count). The molecular weight excluding hydrogens is 252 g/mol. The quantitative estimate of drug-likeness (QED) is 0.486. The Morgan fingerprint density at radius 2 is 2.25 bits per heavy atom. The van der Waals surface area contributed by atoms with Crippen molar-refractivity contribution in [2.75, 3.05) is 12.9 Å². The topological polar surface area (TPSA) is 89.4 Å². The zero-order chi connectivity index (χ0) is 12.2. The van der Waals surface area contributed by atoms with Crippen molar-refractivity contribution in [3.8, 4) is 5.88 Å². The molecule has 1 N–H and O–H groups in total. The van der Waals surface area contributed by atoms with Crippen LogP contribution in [0.15, 0.2) is 16.2 Å². The highest BCUT2D eigenvalue weighted by molar-refractivity contribution is 7.99. The van der Waals surface area contributed by atoms with Crippen LogP contribution in [-0.2, 0) is 10.1 Å². The molecule has 0 fully saturated rings. The third kappa shape index (κ3) is 3.32. The van der Waals surface area contributed by atoms with Gasteiger partial charge in [-0.25, -0.2) is 4.98 Å². The highest BCUT2D eigenvalue weighted by atomic mass is 32.2. The van der Waals surface area contributed by atoms with Crippen LogP contribution in [0.1, 0.15) is 13.3 Å². The summed E-state index contributed by atoms with van der Waals surface area (Å²) in [5, 5.41) is 0.422. The van der Waals surface area contributed by atoms with Crippen molar-refractivity contribution in [1.29, 1.82) is 0 Å². The molecule has 1 aromatic rings. The van der Waals surface area contributed by atoms with E-state index in [0.29, 0.717) is 5.16 Å². The monoisotopic (exact) mass is 264 g/mol. The summed E-state index contributed by atoms with van der Waals surface area (Å²) >= 11 is 1.39. The second-order valence-electron chi connectivity index (χ2n) is 2.85. The average molecular weight is 264 g/mol. The summed E-state index contributed by atoms with van der Waals surface area (Å²) in [5.74, 6) is 0.685. The molecule has 0 amide bonds. The minimum Gasteiger partial charge on any atom is -0.480 e. The maximum atomic E-state index is 10.9. The first-order valence-corrected chi connectivity index (χ1v) is 6.93. The molecule has 0 unspecified atom stereocenters. The lowest BCUT2D eigenvalue weighted by Crippen LogP contribution is -2.05. The third-order valence-electron chi connectivity index (χ3n) is 1.61. The zero-order valence-electron chi connectivity index (χ0n) is 8.87. The normalized spacial score (nSPS) is 11.4. The molecule has 0 aliphatic rings. The van der Waals surface area contributed by atoms with E-state index in [1.54, 1.807) is 0 Å². The number of aromatic nitrogens is 2. The van der Waals surface area contributed by atoms with E-state index in [4.69, 9.17) is 9.29 Å². The molecule has 1 aromatic heterocycles. The van der Waals surface area contributed by atoms with Crippen molar-refractivity contribution < 1.29 is 17.7 Å². The van der Waals surface area contributed by atoms with E-state index in [0.717, 1.165) is 18.4 Å². The predicted molar refractivity (Wildman–Crippen MR) is 59.4 cm³/mol. The highest BCUT2D eigenvalue weighted by Gasteiger charge is 2.19. The van der Waals surface area contributed by atoms with Crippen LogP contribution in [0, 0.1) is 0 Å². The SMILES string of the molecule is CCCSc1ncc(S(=O)(=O)O)c(OC)n1. The first kappa shape index (κ1) is 13.2. The molecule has 0 saturated carbocycles. The van der Waals surface area contributed by atoms with E-state index in [2.05, 4.69) is 9.97 Å². The van der Waals surface area contributed by atoms with Gasteiger partial charge in [0.2, 0.25) is 5.88 Å². The molecule has 16 heavy (non-hydrogen) atoms. The van der Waals surface area contributed by atoms with E-state index in [1.807, 2.05) is 6.92 Å². The Balaban J connectivity index is 3.07. The smallest absolute Gasteiger partial charge is 0.301 e. The van der Waals surface area contributed by atoms with Crippen LogP contribution >= 0.6 is 11.8 Å². The minimum absolute atomic E-state index is 0.142. The molecule has 0 spiro atoms. The summed E-state index contributed by atoms with van der Waals surface area (Å²) in [6.07, 6.45) is 2.00. The first-order chi connectivity index (χ1) is 7.49. The largest absolute Gasteiger partial charge is 0.480 e. The van der Waals surface area contributed by atoms with Crippen molar-refractivity contribution in [2.45, 2.75) is 23.4 Å². The van der Waals surface area contributed by atoms with Gasteiger partial charge in [-0.15, -0.1) is 0 Å². The Morgan fingerprint density at radius 3 is 2.75 bits per heavy atom. The number of ether oxygens (including phenoxy) is 1. The number of thioether (sulfide) groups is 1. The standard InChI is InChI=1S/C8H12N2O4S2/c1-3-4-15-8-9-5-6(16(11,12)13)7(10-8)14-2/h5H,3-4H2,1-2H3,(H,11,12,13). The summed E-state index contributed by atoms with van der Waals surface area (Å²) < 4.78 is 35.5. The molecular formula is C8H12N2O4S2. The van der Waals surface area contributed by atoms with Crippen LogP contribution in [0.3, 0.4) is 0 Å². The molecule has 8 heteroatoms. The van der Waals surface area contributed by atoms with Crippen molar-refractivity contribution >= 4 is 21.9 Å². The second-order valence-corrected chi connectivity index (χ2v) is 5.30. The van der Waals surface area contributed by atoms with Crippen LogP contribution < -0.4 is 4.74 Å². The van der Waals surface area contributed by atoms with Gasteiger partial charge in [-0.2, -0.15) is 13.4 Å². The predicted octanol–water partition coefficient (Wildman–Crippen LogP) is 1.23. The maximum Gasteiger partial charge on any atom is 0.301 e. The Kier molecular flexibility index (Phi) is 4.51. The van der Waals surface area contributed by atoms with E-state index in [-0.39, 0.29) is 5.88 Å². The van der Waals surface area contributed by atoms with Gasteiger partial charge in [0.1, 0.15) is 0 Å². The molecule has 0 saturated heterocycles. The highest BCUT2D eigenvalue weighted by Crippen LogP contribution is 2.23. The van der Waals surface area contributed by atoms with Crippen LogP contribution in [0.5, 0.6) is 5.88 Å². The fraction of sp³-hybridized carbons (Fsp3) is 0.500. The van der Waals surface area contributed by atoms with E-state index < -0.39 is 15.0 Å². The Labute approximate surface area is 98.2 Å². The molecule has 0 bridgehead atoms. The van der Waals surface area contributed by atoms with Gasteiger partial charge in [0.05, 0.1) is 13.3 Å². The Morgan fingerprint density at radius 1 is 1.56 bits per heavy atom. The maximum absolute atomic E-state index is 10.9. The van der Waals surface area contributed by atoms with E-state index >= 15 is 0 Å². The van der Waals surface area contributed by atoms with E-state index in [9.17, 15) is 8.42 Å². The van der Waals surface area contributed by atoms with Crippen LogP contribution in [0.4, 0.5) is 0 Å². The van der Waals surface area contributed by atoms with Crippen molar-refractivity contribution in [1.82, 2.24) is 9.97 Å². The average Bonchev–Trinajstić information content (AvgIpc) is 2.24. The number of hydrogen-bond acceptors (Lipinski definition) is 6. The minimum atomic E-state index is -4.34. The summed E-state index contributed by atoms with van der Waals surface area (Å²) in [7, 11) is -3.06. The van der Waals surface area contributed by atoms with Crippen molar-refractivity contribution in [3.05, 3.63) is 6.20 Å². The molecule has 1 heterocycles. The van der Waals surface area contributed by atoms with Crippen molar-refractivity contribution in [2.24, 2.45) is 0 Å². The number of hydrogen-bond donors (Lipinski definition) is 1. The van der Waals surface area contributed by atoms with Gasteiger partial charge in [0.25, 0.3) is 0 Å². The summed E-state index contributed by atoms with van der Waals surface area (Å²) in [5.41, 5.74) is 0. The summed E-state index contributed by atoms with van der Waals surface area (Å²) in [6.45, 7) is 2.01. The third-order valence-corrected chi connectivity index (χ3v) is 3.51. The van der Waals surface area contributed by atoms with Gasteiger partial charge in [0.15, 0.2) is 10.1 Å². The van der Waals surface area contributed by atoms with Gasteiger partial charge >= 0.3 is 10.1 Å². The Bertz CT molecular complexity index is 461. The van der Waals surface area contributed by atoms with Gasteiger partial charge in [-0.05, 0) is 6.42 Å². The number of nitrogens with zero attached hydrogens (tertiary/aromatic N) is 2. The second kappa shape index (κ2) is 5.46. The zero-order valence-corrected chi connectivity index (χ0v) is 10.5. The van der Waals surface area contributed by atoms with Crippen molar-refractivity contribution in [3.63, 3.8) is 0 Å². The van der Waals surface area contributed by atoms with Gasteiger partial charge in [0, 0.05) is 5.75 Å². The molecule has 0 aliphatic heterocycles. The molecule has 90 valence electrons. The lowest BCUT2D eigenvalue weighted by molar-refractivity contribution is 0.374. The Hall–Kier alpha value is -0.860.